The summed E-state index contributed by atoms with van der Waals surface area (Å²) in [6, 6.07) is 12.1. The first kappa shape index (κ1) is 17.0. The lowest BCUT2D eigenvalue weighted by molar-refractivity contribution is 0.137. The number of carbonyl (C=O) groups excluding carboxylic acids is 1. The first-order valence-electron chi connectivity index (χ1n) is 9.44. The lowest BCUT2D eigenvalue weighted by atomic mass is 10.2. The smallest absolute Gasteiger partial charge is 0.321 e. The van der Waals surface area contributed by atoms with Crippen LogP contribution in [0.3, 0.4) is 0 Å². The molecule has 0 spiro atoms. The van der Waals surface area contributed by atoms with E-state index in [-0.39, 0.29) is 6.03 Å². The number of urea groups is 1. The number of hydrogen-bond donors (Lipinski definition) is 1. The second-order valence-corrected chi connectivity index (χ2v) is 7.01. The van der Waals surface area contributed by atoms with E-state index in [9.17, 15) is 4.79 Å². The molecule has 6 heteroatoms. The van der Waals surface area contributed by atoms with E-state index in [1.54, 1.807) is 6.26 Å². The topological polar surface area (TPSA) is 52.0 Å². The maximum Gasteiger partial charge on any atom is 0.321 e. The lowest BCUT2D eigenvalue weighted by Crippen LogP contribution is -2.49. The Labute approximate surface area is 154 Å². The van der Waals surface area contributed by atoms with Gasteiger partial charge in [-0.25, -0.2) is 4.79 Å². The van der Waals surface area contributed by atoms with Crippen molar-refractivity contribution in [3.8, 4) is 0 Å². The summed E-state index contributed by atoms with van der Waals surface area (Å²) >= 11 is 0. The van der Waals surface area contributed by atoms with Crippen LogP contribution in [0.5, 0.6) is 0 Å². The molecule has 2 fully saturated rings. The van der Waals surface area contributed by atoms with Gasteiger partial charge < -0.3 is 19.5 Å². The van der Waals surface area contributed by atoms with E-state index >= 15 is 0 Å². The summed E-state index contributed by atoms with van der Waals surface area (Å²) in [5.41, 5.74) is 2.10. The summed E-state index contributed by atoms with van der Waals surface area (Å²) in [5, 5.41) is 3.02. The molecule has 3 heterocycles. The van der Waals surface area contributed by atoms with Crippen LogP contribution in [0.15, 0.2) is 47.1 Å². The number of nitrogens with one attached hydrogen (secondary N) is 1. The number of amides is 2. The standard InChI is InChI=1S/C20H26N4O2/c25-20(21-17-5-7-18(8-6-17)23-9-1-2-10-23)24-13-11-22(12-14-24)16-19-4-3-15-26-19/h3-8,15H,1-2,9-14,16H2,(H,21,25). The summed E-state index contributed by atoms with van der Waals surface area (Å²) < 4.78 is 5.40. The molecule has 138 valence electrons. The number of hydrogen-bond acceptors (Lipinski definition) is 4. The van der Waals surface area contributed by atoms with E-state index in [2.05, 4.69) is 27.2 Å². The fraction of sp³-hybridized carbons (Fsp3) is 0.450. The van der Waals surface area contributed by atoms with Crippen LogP contribution in [-0.4, -0.2) is 55.1 Å². The monoisotopic (exact) mass is 354 g/mol. The zero-order chi connectivity index (χ0) is 17.8. The first-order valence-corrected chi connectivity index (χ1v) is 9.44. The van der Waals surface area contributed by atoms with Crippen molar-refractivity contribution in [1.82, 2.24) is 9.80 Å². The molecular weight excluding hydrogens is 328 g/mol. The predicted molar refractivity (Wildman–Crippen MR) is 102 cm³/mol. The molecule has 2 aliphatic rings. The number of benzene rings is 1. The first-order chi connectivity index (χ1) is 12.8. The molecule has 6 nitrogen and oxygen atoms in total. The van der Waals surface area contributed by atoms with Crippen molar-refractivity contribution in [2.24, 2.45) is 0 Å². The molecule has 0 bridgehead atoms. The summed E-state index contributed by atoms with van der Waals surface area (Å²) in [6.45, 7) is 6.27. The van der Waals surface area contributed by atoms with E-state index in [0.717, 1.165) is 57.3 Å². The molecular formula is C20H26N4O2. The highest BCUT2D eigenvalue weighted by Gasteiger charge is 2.21. The van der Waals surface area contributed by atoms with E-state index in [0.29, 0.717) is 0 Å². The van der Waals surface area contributed by atoms with Gasteiger partial charge in [0, 0.05) is 50.6 Å². The number of nitrogens with zero attached hydrogens (tertiary/aromatic N) is 3. The fourth-order valence-electron chi connectivity index (χ4n) is 3.67. The van der Waals surface area contributed by atoms with Gasteiger partial charge in [-0.2, -0.15) is 0 Å². The van der Waals surface area contributed by atoms with Gasteiger partial charge in [0.25, 0.3) is 0 Å². The van der Waals surface area contributed by atoms with Gasteiger partial charge in [-0.05, 0) is 49.2 Å². The largest absolute Gasteiger partial charge is 0.468 e. The van der Waals surface area contributed by atoms with Gasteiger partial charge in [-0.3, -0.25) is 4.90 Å². The highest BCUT2D eigenvalue weighted by atomic mass is 16.3. The molecule has 0 saturated carbocycles. The van der Waals surface area contributed by atoms with Crippen LogP contribution < -0.4 is 10.2 Å². The summed E-state index contributed by atoms with van der Waals surface area (Å²) in [4.78, 5) is 19.1. The molecule has 0 radical (unpaired) electrons. The second kappa shape index (κ2) is 7.83. The Kier molecular flexibility index (Phi) is 5.11. The molecule has 1 N–H and O–H groups in total. The zero-order valence-electron chi connectivity index (χ0n) is 15.1. The van der Waals surface area contributed by atoms with Crippen molar-refractivity contribution < 1.29 is 9.21 Å². The number of piperazine rings is 1. The van der Waals surface area contributed by atoms with Gasteiger partial charge >= 0.3 is 6.03 Å². The van der Waals surface area contributed by atoms with E-state index in [4.69, 9.17) is 4.42 Å². The number of anilines is 2. The Hall–Kier alpha value is -2.47. The molecule has 0 aliphatic carbocycles. The Morgan fingerprint density at radius 2 is 1.69 bits per heavy atom. The molecule has 2 aromatic rings. The van der Waals surface area contributed by atoms with Gasteiger partial charge in [0.2, 0.25) is 0 Å². The van der Waals surface area contributed by atoms with Crippen molar-refractivity contribution in [1.29, 1.82) is 0 Å². The highest BCUT2D eigenvalue weighted by molar-refractivity contribution is 5.89. The molecule has 1 aromatic carbocycles. The van der Waals surface area contributed by atoms with Crippen LogP contribution >= 0.6 is 0 Å². The predicted octanol–water partition coefficient (Wildman–Crippen LogP) is 3.23. The molecule has 0 atom stereocenters. The van der Waals surface area contributed by atoms with Crippen LogP contribution in [-0.2, 0) is 6.54 Å². The maximum atomic E-state index is 12.5. The molecule has 4 rings (SSSR count). The third-order valence-corrected chi connectivity index (χ3v) is 5.21. The Morgan fingerprint density at radius 1 is 0.962 bits per heavy atom. The van der Waals surface area contributed by atoms with Gasteiger partial charge in [-0.15, -0.1) is 0 Å². The minimum Gasteiger partial charge on any atom is -0.468 e. The third kappa shape index (κ3) is 4.02. The number of rotatable bonds is 4. The highest BCUT2D eigenvalue weighted by Crippen LogP contribution is 2.22. The summed E-state index contributed by atoms with van der Waals surface area (Å²) in [5.74, 6) is 0.973. The summed E-state index contributed by atoms with van der Waals surface area (Å²) in [7, 11) is 0. The van der Waals surface area contributed by atoms with Crippen molar-refractivity contribution >= 4 is 17.4 Å². The normalized spacial score (nSPS) is 18.3. The Bertz CT molecular complexity index is 700. The van der Waals surface area contributed by atoms with Crippen molar-refractivity contribution in [3.05, 3.63) is 48.4 Å². The van der Waals surface area contributed by atoms with Crippen LogP contribution in [0.4, 0.5) is 16.2 Å². The van der Waals surface area contributed by atoms with Crippen LogP contribution in [0, 0.1) is 0 Å². The van der Waals surface area contributed by atoms with Crippen LogP contribution in [0.2, 0.25) is 0 Å². The van der Waals surface area contributed by atoms with Gasteiger partial charge in [0.1, 0.15) is 5.76 Å². The Balaban J connectivity index is 1.26. The zero-order valence-corrected chi connectivity index (χ0v) is 15.1. The maximum absolute atomic E-state index is 12.5. The lowest BCUT2D eigenvalue weighted by Gasteiger charge is -2.34. The van der Waals surface area contributed by atoms with E-state index in [1.807, 2.05) is 29.2 Å². The minimum absolute atomic E-state index is 0.0171. The van der Waals surface area contributed by atoms with Gasteiger partial charge in [0.15, 0.2) is 0 Å². The van der Waals surface area contributed by atoms with Crippen molar-refractivity contribution in [2.75, 3.05) is 49.5 Å². The van der Waals surface area contributed by atoms with E-state index in [1.165, 1.54) is 18.5 Å². The van der Waals surface area contributed by atoms with Crippen molar-refractivity contribution in [3.63, 3.8) is 0 Å². The van der Waals surface area contributed by atoms with Crippen LogP contribution in [0.25, 0.3) is 0 Å². The van der Waals surface area contributed by atoms with E-state index < -0.39 is 0 Å². The Morgan fingerprint density at radius 3 is 2.35 bits per heavy atom. The van der Waals surface area contributed by atoms with Crippen LogP contribution in [0.1, 0.15) is 18.6 Å². The molecule has 1 aromatic heterocycles. The third-order valence-electron chi connectivity index (χ3n) is 5.21. The second-order valence-electron chi connectivity index (χ2n) is 7.01. The molecule has 26 heavy (non-hydrogen) atoms. The molecule has 2 amide bonds. The average molecular weight is 354 g/mol. The minimum atomic E-state index is -0.0171. The van der Waals surface area contributed by atoms with Gasteiger partial charge in [0.05, 0.1) is 12.8 Å². The van der Waals surface area contributed by atoms with Crippen molar-refractivity contribution in [2.45, 2.75) is 19.4 Å². The molecule has 2 saturated heterocycles. The quantitative estimate of drug-likeness (QED) is 0.916. The average Bonchev–Trinajstić information content (AvgIpc) is 3.37. The fourth-order valence-corrected chi connectivity index (χ4v) is 3.67. The SMILES string of the molecule is O=C(Nc1ccc(N2CCCC2)cc1)N1CCN(Cc2ccco2)CC1. The number of furan rings is 1. The molecule has 0 unspecified atom stereocenters. The number of carbonyl (C=O) groups is 1. The summed E-state index contributed by atoms with van der Waals surface area (Å²) in [6.07, 6.45) is 4.24. The molecule has 2 aliphatic heterocycles. The van der Waals surface area contributed by atoms with Gasteiger partial charge in [-0.1, -0.05) is 0 Å².